The maximum atomic E-state index is 13.9. The molecule has 1 aromatic carbocycles. The Balaban J connectivity index is 2.17. The Hall–Kier alpha value is -2.56. The van der Waals surface area contributed by atoms with Crippen LogP contribution in [0.25, 0.3) is 10.9 Å². The maximum absolute atomic E-state index is 13.9. The van der Waals surface area contributed by atoms with Crippen molar-refractivity contribution in [1.29, 1.82) is 0 Å². The Morgan fingerprint density at radius 1 is 1.19 bits per heavy atom. The average molecular weight is 283 g/mol. The molecule has 0 saturated carbocycles. The first kappa shape index (κ1) is 13.4. The SMILES string of the molecule is Cc1ccc([C@H](C)n2cnc3cccc(F)c3c2=O)cn1. The van der Waals surface area contributed by atoms with Crippen LogP contribution in [0.2, 0.25) is 0 Å². The molecule has 0 spiro atoms. The van der Waals surface area contributed by atoms with E-state index < -0.39 is 5.82 Å². The van der Waals surface area contributed by atoms with Gasteiger partial charge in [-0.2, -0.15) is 0 Å². The molecule has 2 aromatic heterocycles. The molecule has 106 valence electrons. The van der Waals surface area contributed by atoms with E-state index in [-0.39, 0.29) is 17.0 Å². The summed E-state index contributed by atoms with van der Waals surface area (Å²) >= 11 is 0. The summed E-state index contributed by atoms with van der Waals surface area (Å²) in [6.07, 6.45) is 3.17. The highest BCUT2D eigenvalue weighted by Gasteiger charge is 2.14. The molecule has 1 atom stereocenters. The smallest absolute Gasteiger partial charge is 0.264 e. The van der Waals surface area contributed by atoms with Crippen LogP contribution in [0.1, 0.15) is 24.2 Å². The third kappa shape index (κ3) is 2.31. The molecule has 3 rings (SSSR count). The van der Waals surface area contributed by atoms with Gasteiger partial charge in [-0.15, -0.1) is 0 Å². The van der Waals surface area contributed by atoms with E-state index in [4.69, 9.17) is 0 Å². The van der Waals surface area contributed by atoms with E-state index in [0.29, 0.717) is 5.52 Å². The maximum Gasteiger partial charge on any atom is 0.264 e. The Morgan fingerprint density at radius 2 is 2.00 bits per heavy atom. The molecule has 0 unspecified atom stereocenters. The number of pyridine rings is 1. The van der Waals surface area contributed by atoms with Crippen molar-refractivity contribution in [2.24, 2.45) is 0 Å². The highest BCUT2D eigenvalue weighted by atomic mass is 19.1. The van der Waals surface area contributed by atoms with E-state index in [9.17, 15) is 9.18 Å². The number of hydrogen-bond acceptors (Lipinski definition) is 3. The summed E-state index contributed by atoms with van der Waals surface area (Å²) in [4.78, 5) is 20.9. The van der Waals surface area contributed by atoms with Gasteiger partial charge >= 0.3 is 0 Å². The number of fused-ring (bicyclic) bond motifs is 1. The topological polar surface area (TPSA) is 47.8 Å². The zero-order chi connectivity index (χ0) is 15.0. The Morgan fingerprint density at radius 3 is 2.71 bits per heavy atom. The van der Waals surface area contributed by atoms with E-state index in [1.807, 2.05) is 26.0 Å². The summed E-state index contributed by atoms with van der Waals surface area (Å²) in [6, 6.07) is 7.97. The summed E-state index contributed by atoms with van der Waals surface area (Å²) in [7, 11) is 0. The lowest BCUT2D eigenvalue weighted by Crippen LogP contribution is -2.25. The lowest BCUT2D eigenvalue weighted by Gasteiger charge is -2.15. The van der Waals surface area contributed by atoms with Crippen LogP contribution < -0.4 is 5.56 Å². The summed E-state index contributed by atoms with van der Waals surface area (Å²) in [5.74, 6) is -0.548. The molecule has 21 heavy (non-hydrogen) atoms. The highest BCUT2D eigenvalue weighted by molar-refractivity contribution is 5.77. The highest BCUT2D eigenvalue weighted by Crippen LogP contribution is 2.17. The minimum absolute atomic E-state index is 0.0203. The van der Waals surface area contributed by atoms with Crippen LogP contribution in [0.5, 0.6) is 0 Å². The first-order chi connectivity index (χ1) is 10.1. The predicted octanol–water partition coefficient (Wildman–Crippen LogP) is 2.85. The molecule has 4 nitrogen and oxygen atoms in total. The van der Waals surface area contributed by atoms with Gasteiger partial charge in [0.2, 0.25) is 0 Å². The number of benzene rings is 1. The second-order valence-corrected chi connectivity index (χ2v) is 5.00. The van der Waals surface area contributed by atoms with Crippen molar-refractivity contribution < 1.29 is 4.39 Å². The number of hydrogen-bond donors (Lipinski definition) is 0. The van der Waals surface area contributed by atoms with Crippen LogP contribution in [0.3, 0.4) is 0 Å². The zero-order valence-corrected chi connectivity index (χ0v) is 11.7. The standard InChI is InChI=1S/C16H14FN3O/c1-10-6-7-12(8-18-10)11(2)20-9-19-14-5-3-4-13(17)15(14)16(20)21/h3-9,11H,1-2H3/t11-/m0/s1. The van der Waals surface area contributed by atoms with Crippen LogP contribution in [-0.2, 0) is 0 Å². The quantitative estimate of drug-likeness (QED) is 0.726. The van der Waals surface area contributed by atoms with Crippen LogP contribution >= 0.6 is 0 Å². The van der Waals surface area contributed by atoms with Crippen LogP contribution in [0, 0.1) is 12.7 Å². The van der Waals surface area contributed by atoms with Crippen LogP contribution in [-0.4, -0.2) is 14.5 Å². The van der Waals surface area contributed by atoms with E-state index in [1.54, 1.807) is 18.3 Å². The van der Waals surface area contributed by atoms with Gasteiger partial charge in [0.1, 0.15) is 11.2 Å². The predicted molar refractivity (Wildman–Crippen MR) is 78.7 cm³/mol. The molecule has 0 aliphatic carbocycles. The van der Waals surface area contributed by atoms with Crippen molar-refractivity contribution in [2.45, 2.75) is 19.9 Å². The van der Waals surface area contributed by atoms with Gasteiger partial charge in [0.15, 0.2) is 0 Å². The Kier molecular flexibility index (Phi) is 3.25. The van der Waals surface area contributed by atoms with Crippen molar-refractivity contribution in [3.63, 3.8) is 0 Å². The van der Waals surface area contributed by atoms with Crippen molar-refractivity contribution in [1.82, 2.24) is 14.5 Å². The molecule has 2 heterocycles. The minimum atomic E-state index is -0.548. The number of aryl methyl sites for hydroxylation is 1. The fourth-order valence-electron chi connectivity index (χ4n) is 2.30. The van der Waals surface area contributed by atoms with Crippen molar-refractivity contribution >= 4 is 10.9 Å². The second-order valence-electron chi connectivity index (χ2n) is 5.00. The third-order valence-electron chi connectivity index (χ3n) is 3.60. The normalized spacial score (nSPS) is 12.5. The zero-order valence-electron chi connectivity index (χ0n) is 11.7. The first-order valence-electron chi connectivity index (χ1n) is 6.66. The van der Waals surface area contributed by atoms with Crippen LogP contribution in [0.4, 0.5) is 4.39 Å². The molecule has 0 amide bonds. The molecular weight excluding hydrogens is 269 g/mol. The fourth-order valence-corrected chi connectivity index (χ4v) is 2.30. The largest absolute Gasteiger partial charge is 0.291 e. The van der Waals surface area contributed by atoms with Gasteiger partial charge in [0.05, 0.1) is 17.9 Å². The first-order valence-corrected chi connectivity index (χ1v) is 6.66. The molecule has 0 radical (unpaired) electrons. The molecule has 3 aromatic rings. The van der Waals surface area contributed by atoms with Gasteiger partial charge in [-0.05, 0) is 37.6 Å². The van der Waals surface area contributed by atoms with E-state index >= 15 is 0 Å². The van der Waals surface area contributed by atoms with Crippen molar-refractivity contribution in [3.05, 3.63) is 70.3 Å². The van der Waals surface area contributed by atoms with Crippen molar-refractivity contribution in [3.8, 4) is 0 Å². The Labute approximate surface area is 120 Å². The lowest BCUT2D eigenvalue weighted by molar-refractivity contribution is 0.597. The third-order valence-corrected chi connectivity index (χ3v) is 3.60. The number of halogens is 1. The lowest BCUT2D eigenvalue weighted by atomic mass is 10.1. The van der Waals surface area contributed by atoms with Gasteiger partial charge < -0.3 is 0 Å². The molecule has 0 aliphatic rings. The molecule has 0 N–H and O–H groups in total. The molecule has 0 saturated heterocycles. The van der Waals surface area contributed by atoms with Crippen molar-refractivity contribution in [2.75, 3.05) is 0 Å². The van der Waals surface area contributed by atoms with Gasteiger partial charge in [-0.25, -0.2) is 9.37 Å². The summed E-state index contributed by atoms with van der Waals surface area (Å²) in [5, 5.41) is 0.0203. The molecule has 0 bridgehead atoms. The summed E-state index contributed by atoms with van der Waals surface area (Å²) < 4.78 is 15.3. The molecule has 0 fully saturated rings. The summed E-state index contributed by atoms with van der Waals surface area (Å²) in [6.45, 7) is 3.76. The number of aromatic nitrogens is 3. The average Bonchev–Trinajstić information content (AvgIpc) is 2.48. The second kappa shape index (κ2) is 5.09. The molecule has 0 aliphatic heterocycles. The van der Waals surface area contributed by atoms with E-state index in [2.05, 4.69) is 9.97 Å². The van der Waals surface area contributed by atoms with E-state index in [0.717, 1.165) is 11.3 Å². The molecular formula is C16H14FN3O. The monoisotopic (exact) mass is 283 g/mol. The minimum Gasteiger partial charge on any atom is -0.291 e. The van der Waals surface area contributed by atoms with Crippen LogP contribution in [0.15, 0.2) is 47.7 Å². The van der Waals surface area contributed by atoms with E-state index in [1.165, 1.54) is 17.0 Å². The molecule has 5 heteroatoms. The summed E-state index contributed by atoms with van der Waals surface area (Å²) in [5.41, 5.74) is 1.76. The van der Waals surface area contributed by atoms with Gasteiger partial charge in [0, 0.05) is 11.9 Å². The fraction of sp³-hybridized carbons (Fsp3) is 0.188. The van der Waals surface area contributed by atoms with Gasteiger partial charge in [-0.1, -0.05) is 12.1 Å². The number of nitrogens with zero attached hydrogens (tertiary/aromatic N) is 3. The van der Waals surface area contributed by atoms with Gasteiger partial charge in [0.25, 0.3) is 5.56 Å². The van der Waals surface area contributed by atoms with Gasteiger partial charge in [-0.3, -0.25) is 14.3 Å². The Bertz CT molecular complexity index is 856. The number of rotatable bonds is 2.